The van der Waals surface area contributed by atoms with Crippen LogP contribution in [0.15, 0.2) is 24.3 Å². The molecule has 1 aromatic carbocycles. The van der Waals surface area contributed by atoms with Crippen molar-refractivity contribution in [2.45, 2.75) is 19.9 Å². The summed E-state index contributed by atoms with van der Waals surface area (Å²) >= 11 is 0. The van der Waals surface area contributed by atoms with E-state index in [-0.39, 0.29) is 6.04 Å². The Balaban J connectivity index is 1.86. The maximum Gasteiger partial charge on any atom is 0.0368 e. The van der Waals surface area contributed by atoms with Crippen LogP contribution in [0.25, 0.3) is 0 Å². The first-order chi connectivity index (χ1) is 9.56. The van der Waals surface area contributed by atoms with Crippen molar-refractivity contribution < 1.29 is 0 Å². The molecule has 4 nitrogen and oxygen atoms in total. The van der Waals surface area contributed by atoms with Gasteiger partial charge in [-0.25, -0.2) is 0 Å². The van der Waals surface area contributed by atoms with Crippen molar-refractivity contribution >= 4 is 11.4 Å². The molecule has 20 heavy (non-hydrogen) atoms. The van der Waals surface area contributed by atoms with Crippen LogP contribution in [0.3, 0.4) is 0 Å². The van der Waals surface area contributed by atoms with Gasteiger partial charge in [0.2, 0.25) is 0 Å². The predicted molar refractivity (Wildman–Crippen MR) is 87.5 cm³/mol. The summed E-state index contributed by atoms with van der Waals surface area (Å²) in [6, 6.07) is 8.91. The van der Waals surface area contributed by atoms with E-state index in [0.29, 0.717) is 5.92 Å². The van der Waals surface area contributed by atoms with Gasteiger partial charge in [0, 0.05) is 50.1 Å². The molecule has 1 unspecified atom stereocenters. The summed E-state index contributed by atoms with van der Waals surface area (Å²) in [5.41, 5.74) is 8.52. The minimum absolute atomic E-state index is 0.201. The molecule has 0 saturated carbocycles. The molecule has 0 amide bonds. The van der Waals surface area contributed by atoms with Crippen LogP contribution >= 0.6 is 0 Å². The summed E-state index contributed by atoms with van der Waals surface area (Å²) < 4.78 is 0. The Morgan fingerprint density at radius 1 is 1.10 bits per heavy atom. The Labute approximate surface area is 122 Å². The number of likely N-dealkylation sites (N-methyl/N-ethyl adjacent to an activating group) is 1. The fourth-order valence-corrected chi connectivity index (χ4v) is 2.33. The van der Waals surface area contributed by atoms with E-state index in [0.717, 1.165) is 38.4 Å². The highest BCUT2D eigenvalue weighted by atomic mass is 15.2. The van der Waals surface area contributed by atoms with Crippen LogP contribution < -0.4 is 16.0 Å². The second kappa shape index (κ2) is 6.95. The lowest BCUT2D eigenvalue weighted by molar-refractivity contribution is 0.313. The standard InChI is InChI=1S/C16H28N4/c1-13(2)16(17)12-18-14-4-6-15(7-5-14)20-10-8-19(3)9-11-20/h4-7,13,16,18H,8-12,17H2,1-3H3. The van der Waals surface area contributed by atoms with E-state index in [1.54, 1.807) is 0 Å². The second-order valence-electron chi connectivity index (χ2n) is 6.13. The van der Waals surface area contributed by atoms with Crippen molar-refractivity contribution in [3.63, 3.8) is 0 Å². The molecule has 112 valence electrons. The molecule has 0 aromatic heterocycles. The number of rotatable bonds is 5. The van der Waals surface area contributed by atoms with Gasteiger partial charge in [-0.15, -0.1) is 0 Å². The van der Waals surface area contributed by atoms with Gasteiger partial charge in [-0.1, -0.05) is 13.8 Å². The zero-order valence-electron chi connectivity index (χ0n) is 13.0. The smallest absolute Gasteiger partial charge is 0.0368 e. The van der Waals surface area contributed by atoms with Gasteiger partial charge in [-0.05, 0) is 37.2 Å². The minimum atomic E-state index is 0.201. The topological polar surface area (TPSA) is 44.5 Å². The van der Waals surface area contributed by atoms with E-state index in [4.69, 9.17) is 5.73 Å². The van der Waals surface area contributed by atoms with Gasteiger partial charge in [0.1, 0.15) is 0 Å². The van der Waals surface area contributed by atoms with Crippen LogP contribution in [0.2, 0.25) is 0 Å². The maximum atomic E-state index is 6.05. The van der Waals surface area contributed by atoms with Gasteiger partial charge >= 0.3 is 0 Å². The molecule has 3 N–H and O–H groups in total. The zero-order valence-corrected chi connectivity index (χ0v) is 13.0. The average Bonchev–Trinajstić information content (AvgIpc) is 2.46. The zero-order chi connectivity index (χ0) is 14.5. The Hall–Kier alpha value is -1.26. The third kappa shape index (κ3) is 4.12. The molecule has 1 aliphatic heterocycles. The molecule has 1 saturated heterocycles. The molecule has 1 heterocycles. The first-order valence-electron chi connectivity index (χ1n) is 7.59. The molecule has 4 heteroatoms. The third-order valence-electron chi connectivity index (χ3n) is 4.13. The van der Waals surface area contributed by atoms with Crippen molar-refractivity contribution in [2.75, 3.05) is 50.0 Å². The lowest BCUT2D eigenvalue weighted by atomic mass is 10.1. The van der Waals surface area contributed by atoms with E-state index in [2.05, 4.69) is 60.3 Å². The Morgan fingerprint density at radius 2 is 1.70 bits per heavy atom. The van der Waals surface area contributed by atoms with Crippen LogP contribution in [-0.4, -0.2) is 50.7 Å². The fraction of sp³-hybridized carbons (Fsp3) is 0.625. The molecular weight excluding hydrogens is 248 g/mol. The van der Waals surface area contributed by atoms with Gasteiger partial charge in [0.25, 0.3) is 0 Å². The van der Waals surface area contributed by atoms with Gasteiger partial charge in [0.05, 0.1) is 0 Å². The van der Waals surface area contributed by atoms with Crippen molar-refractivity contribution in [2.24, 2.45) is 11.7 Å². The minimum Gasteiger partial charge on any atom is -0.383 e. The molecule has 2 rings (SSSR count). The molecular formula is C16H28N4. The maximum absolute atomic E-state index is 6.05. The molecule has 0 spiro atoms. The van der Waals surface area contributed by atoms with Gasteiger partial charge in [-0.3, -0.25) is 0 Å². The summed E-state index contributed by atoms with van der Waals surface area (Å²) in [4.78, 5) is 4.82. The van der Waals surface area contributed by atoms with Crippen LogP contribution in [0.5, 0.6) is 0 Å². The molecule has 0 bridgehead atoms. The lowest BCUT2D eigenvalue weighted by Gasteiger charge is -2.34. The van der Waals surface area contributed by atoms with E-state index in [9.17, 15) is 0 Å². The molecule has 0 radical (unpaired) electrons. The number of nitrogens with one attached hydrogen (secondary N) is 1. The fourth-order valence-electron chi connectivity index (χ4n) is 2.33. The second-order valence-corrected chi connectivity index (χ2v) is 6.13. The highest BCUT2D eigenvalue weighted by molar-refractivity contribution is 5.55. The van der Waals surface area contributed by atoms with Gasteiger partial charge < -0.3 is 20.9 Å². The summed E-state index contributed by atoms with van der Waals surface area (Å²) in [7, 11) is 2.18. The van der Waals surface area contributed by atoms with Crippen LogP contribution in [0.4, 0.5) is 11.4 Å². The number of nitrogens with zero attached hydrogens (tertiary/aromatic N) is 2. The SMILES string of the molecule is CC(C)C(N)CNc1ccc(N2CCN(C)CC2)cc1. The van der Waals surface area contributed by atoms with E-state index >= 15 is 0 Å². The Morgan fingerprint density at radius 3 is 2.25 bits per heavy atom. The summed E-state index contributed by atoms with van der Waals surface area (Å²) in [5.74, 6) is 0.507. The van der Waals surface area contributed by atoms with Crippen molar-refractivity contribution in [3.8, 4) is 0 Å². The van der Waals surface area contributed by atoms with Crippen molar-refractivity contribution in [1.82, 2.24) is 4.90 Å². The number of anilines is 2. The van der Waals surface area contributed by atoms with Crippen LogP contribution in [-0.2, 0) is 0 Å². The highest BCUT2D eigenvalue weighted by Gasteiger charge is 2.14. The molecule has 1 fully saturated rings. The summed E-state index contributed by atoms with van der Waals surface area (Å²) in [6.07, 6.45) is 0. The summed E-state index contributed by atoms with van der Waals surface area (Å²) in [6.45, 7) is 9.65. The van der Waals surface area contributed by atoms with Gasteiger partial charge in [-0.2, -0.15) is 0 Å². The average molecular weight is 276 g/mol. The van der Waals surface area contributed by atoms with Crippen molar-refractivity contribution in [3.05, 3.63) is 24.3 Å². The number of benzene rings is 1. The van der Waals surface area contributed by atoms with E-state index < -0.39 is 0 Å². The predicted octanol–water partition coefficient (Wildman–Crippen LogP) is 1.83. The molecule has 1 aromatic rings. The molecule has 1 atom stereocenters. The Bertz CT molecular complexity index is 393. The van der Waals surface area contributed by atoms with Gasteiger partial charge in [0.15, 0.2) is 0 Å². The monoisotopic (exact) mass is 276 g/mol. The van der Waals surface area contributed by atoms with Crippen LogP contribution in [0, 0.1) is 5.92 Å². The largest absolute Gasteiger partial charge is 0.383 e. The summed E-state index contributed by atoms with van der Waals surface area (Å²) in [5, 5.41) is 3.41. The first-order valence-corrected chi connectivity index (χ1v) is 7.59. The first kappa shape index (κ1) is 15.1. The number of hydrogen-bond donors (Lipinski definition) is 2. The van der Waals surface area contributed by atoms with E-state index in [1.165, 1.54) is 5.69 Å². The normalized spacial score (nSPS) is 18.4. The van der Waals surface area contributed by atoms with Crippen LogP contribution in [0.1, 0.15) is 13.8 Å². The molecule has 1 aliphatic rings. The highest BCUT2D eigenvalue weighted by Crippen LogP contribution is 2.19. The number of nitrogens with two attached hydrogens (primary N) is 1. The third-order valence-corrected chi connectivity index (χ3v) is 4.13. The lowest BCUT2D eigenvalue weighted by Crippen LogP contribution is -2.44. The quantitative estimate of drug-likeness (QED) is 0.861. The Kier molecular flexibility index (Phi) is 5.26. The number of piperazine rings is 1. The van der Waals surface area contributed by atoms with E-state index in [1.807, 2.05) is 0 Å². The van der Waals surface area contributed by atoms with Crippen molar-refractivity contribution in [1.29, 1.82) is 0 Å². The number of hydrogen-bond acceptors (Lipinski definition) is 4. The molecule has 0 aliphatic carbocycles.